The van der Waals surface area contributed by atoms with Gasteiger partial charge in [-0.3, -0.25) is 9.78 Å². The van der Waals surface area contributed by atoms with Gasteiger partial charge in [-0.25, -0.2) is 9.97 Å². The third-order valence-electron chi connectivity index (χ3n) is 3.53. The first-order chi connectivity index (χ1) is 12.2. The molecule has 0 unspecified atom stereocenters. The van der Waals surface area contributed by atoms with Crippen LogP contribution in [0.25, 0.3) is 11.1 Å². The summed E-state index contributed by atoms with van der Waals surface area (Å²) in [4.78, 5) is 24.4. The summed E-state index contributed by atoms with van der Waals surface area (Å²) in [6.07, 6.45) is 4.99. The van der Waals surface area contributed by atoms with E-state index in [4.69, 9.17) is 4.74 Å². The Morgan fingerprint density at radius 2 is 1.72 bits per heavy atom. The molecule has 6 nitrogen and oxygen atoms in total. The Labute approximate surface area is 145 Å². The zero-order valence-electron chi connectivity index (χ0n) is 13.8. The van der Waals surface area contributed by atoms with Crippen LogP contribution in [0.5, 0.6) is 6.01 Å². The molecule has 0 aliphatic heterocycles. The minimum absolute atomic E-state index is 0.184. The van der Waals surface area contributed by atoms with Crippen LogP contribution in [0.1, 0.15) is 16.1 Å². The minimum atomic E-state index is -0.184. The molecule has 0 saturated heterocycles. The van der Waals surface area contributed by atoms with Crippen molar-refractivity contribution in [1.82, 2.24) is 20.3 Å². The number of ether oxygens (including phenoxy) is 1. The predicted octanol–water partition coefficient (Wildman–Crippen LogP) is 2.66. The summed E-state index contributed by atoms with van der Waals surface area (Å²) in [5.74, 6) is -0.184. The zero-order chi connectivity index (χ0) is 17.5. The maximum absolute atomic E-state index is 11.9. The van der Waals surface area contributed by atoms with Crippen molar-refractivity contribution in [2.75, 3.05) is 13.2 Å². The molecule has 2 heterocycles. The molecule has 1 N–H and O–H groups in total. The number of aryl methyl sites for hydroxylation is 1. The summed E-state index contributed by atoms with van der Waals surface area (Å²) in [6, 6.07) is 13.7. The third-order valence-corrected chi connectivity index (χ3v) is 3.53. The molecule has 0 aliphatic carbocycles. The number of rotatable bonds is 6. The molecule has 126 valence electrons. The van der Waals surface area contributed by atoms with Gasteiger partial charge in [-0.2, -0.15) is 0 Å². The highest BCUT2D eigenvalue weighted by molar-refractivity contribution is 5.93. The van der Waals surface area contributed by atoms with Crippen molar-refractivity contribution in [3.05, 3.63) is 72.3 Å². The summed E-state index contributed by atoms with van der Waals surface area (Å²) in [7, 11) is 0. The van der Waals surface area contributed by atoms with Crippen LogP contribution in [-0.4, -0.2) is 34.0 Å². The number of pyridine rings is 1. The lowest BCUT2D eigenvalue weighted by molar-refractivity contribution is 0.0945. The Kier molecular flexibility index (Phi) is 5.31. The van der Waals surface area contributed by atoms with E-state index in [-0.39, 0.29) is 18.5 Å². The van der Waals surface area contributed by atoms with E-state index in [1.54, 1.807) is 30.7 Å². The number of hydrogen-bond acceptors (Lipinski definition) is 5. The number of aromatic nitrogens is 3. The van der Waals surface area contributed by atoms with Gasteiger partial charge >= 0.3 is 6.01 Å². The summed E-state index contributed by atoms with van der Waals surface area (Å²) in [6.45, 7) is 2.52. The molecule has 0 saturated carbocycles. The molecule has 0 aliphatic rings. The molecule has 3 rings (SSSR count). The van der Waals surface area contributed by atoms with Gasteiger partial charge in [0.15, 0.2) is 0 Å². The van der Waals surface area contributed by atoms with Crippen molar-refractivity contribution in [3.8, 4) is 17.1 Å². The molecule has 2 aromatic heterocycles. The highest BCUT2D eigenvalue weighted by Crippen LogP contribution is 2.17. The van der Waals surface area contributed by atoms with Crippen LogP contribution in [0.15, 0.2) is 61.1 Å². The number of nitrogens with zero attached hydrogens (tertiary/aromatic N) is 3. The second-order valence-electron chi connectivity index (χ2n) is 5.41. The molecule has 1 amide bonds. The maximum atomic E-state index is 11.9. The van der Waals surface area contributed by atoms with Crippen molar-refractivity contribution < 1.29 is 9.53 Å². The van der Waals surface area contributed by atoms with E-state index in [0.29, 0.717) is 12.1 Å². The number of nitrogens with one attached hydrogen (secondary N) is 1. The first-order valence-electron chi connectivity index (χ1n) is 7.93. The number of carbonyl (C=O) groups is 1. The highest BCUT2D eigenvalue weighted by Gasteiger charge is 2.05. The highest BCUT2D eigenvalue weighted by atomic mass is 16.5. The molecule has 3 aromatic rings. The van der Waals surface area contributed by atoms with Crippen LogP contribution >= 0.6 is 0 Å². The monoisotopic (exact) mass is 334 g/mol. The fourth-order valence-electron chi connectivity index (χ4n) is 2.18. The lowest BCUT2D eigenvalue weighted by atomic mass is 10.1. The Bertz CT molecular complexity index is 818. The van der Waals surface area contributed by atoms with Gasteiger partial charge in [-0.05, 0) is 24.6 Å². The van der Waals surface area contributed by atoms with Gasteiger partial charge in [-0.1, -0.05) is 30.3 Å². The number of hydrogen-bond donors (Lipinski definition) is 1. The second kappa shape index (κ2) is 8.01. The van der Waals surface area contributed by atoms with Gasteiger partial charge in [0.05, 0.1) is 12.1 Å². The molecule has 1 aromatic carbocycles. The summed E-state index contributed by atoms with van der Waals surface area (Å²) in [5.41, 5.74) is 3.37. The predicted molar refractivity (Wildman–Crippen MR) is 94.3 cm³/mol. The lowest BCUT2D eigenvalue weighted by Crippen LogP contribution is -2.28. The van der Waals surface area contributed by atoms with Gasteiger partial charge in [0, 0.05) is 29.8 Å². The van der Waals surface area contributed by atoms with E-state index < -0.39 is 0 Å². The van der Waals surface area contributed by atoms with Crippen LogP contribution in [0.3, 0.4) is 0 Å². The molecule has 6 heteroatoms. The number of amides is 1. The zero-order valence-corrected chi connectivity index (χ0v) is 13.8. The van der Waals surface area contributed by atoms with Gasteiger partial charge < -0.3 is 10.1 Å². The van der Waals surface area contributed by atoms with Crippen LogP contribution in [-0.2, 0) is 0 Å². The second-order valence-corrected chi connectivity index (χ2v) is 5.41. The van der Waals surface area contributed by atoms with Gasteiger partial charge in [0.25, 0.3) is 5.91 Å². The standard InChI is InChI=1S/C19H18N4O2/c1-14-7-8-16(11-21-14)18(24)20-9-10-25-19-22-12-17(13-23-19)15-5-3-2-4-6-15/h2-8,11-13H,9-10H2,1H3,(H,20,24). The van der Waals surface area contributed by atoms with E-state index >= 15 is 0 Å². The molecule has 0 atom stereocenters. The van der Waals surface area contributed by atoms with Gasteiger partial charge in [0.2, 0.25) is 0 Å². The first-order valence-corrected chi connectivity index (χ1v) is 7.93. The first kappa shape index (κ1) is 16.6. The largest absolute Gasteiger partial charge is 0.462 e. The maximum Gasteiger partial charge on any atom is 0.316 e. The van der Waals surface area contributed by atoms with E-state index in [1.165, 1.54) is 0 Å². The Hall–Kier alpha value is -3.28. The van der Waals surface area contributed by atoms with E-state index in [2.05, 4.69) is 20.3 Å². The average molecular weight is 334 g/mol. The normalized spacial score (nSPS) is 10.3. The average Bonchev–Trinajstić information content (AvgIpc) is 2.67. The van der Waals surface area contributed by atoms with Crippen molar-refractivity contribution in [2.45, 2.75) is 6.92 Å². The fourth-order valence-corrected chi connectivity index (χ4v) is 2.18. The Morgan fingerprint density at radius 1 is 0.960 bits per heavy atom. The van der Waals surface area contributed by atoms with Gasteiger partial charge in [-0.15, -0.1) is 0 Å². The van der Waals surface area contributed by atoms with Crippen LogP contribution in [0, 0.1) is 6.92 Å². The molecule has 0 radical (unpaired) electrons. The van der Waals surface area contributed by atoms with Crippen LogP contribution in [0.2, 0.25) is 0 Å². The van der Waals surface area contributed by atoms with Crippen LogP contribution in [0.4, 0.5) is 0 Å². The Balaban J connectivity index is 1.46. The summed E-state index contributed by atoms with van der Waals surface area (Å²) in [5, 5.41) is 2.77. The fraction of sp³-hybridized carbons (Fsp3) is 0.158. The van der Waals surface area contributed by atoms with E-state index in [1.807, 2.05) is 37.3 Å². The van der Waals surface area contributed by atoms with E-state index in [0.717, 1.165) is 16.8 Å². The summed E-state index contributed by atoms with van der Waals surface area (Å²) >= 11 is 0. The Morgan fingerprint density at radius 3 is 2.40 bits per heavy atom. The lowest BCUT2D eigenvalue weighted by Gasteiger charge is -2.07. The van der Waals surface area contributed by atoms with Crippen molar-refractivity contribution in [2.24, 2.45) is 0 Å². The van der Waals surface area contributed by atoms with Crippen LogP contribution < -0.4 is 10.1 Å². The summed E-state index contributed by atoms with van der Waals surface area (Å²) < 4.78 is 5.45. The minimum Gasteiger partial charge on any atom is -0.462 e. The van der Waals surface area contributed by atoms with Gasteiger partial charge in [0.1, 0.15) is 6.61 Å². The number of benzene rings is 1. The van der Waals surface area contributed by atoms with Crippen molar-refractivity contribution in [3.63, 3.8) is 0 Å². The molecule has 25 heavy (non-hydrogen) atoms. The topological polar surface area (TPSA) is 77.0 Å². The molecule has 0 bridgehead atoms. The van der Waals surface area contributed by atoms with E-state index in [9.17, 15) is 4.79 Å². The molecule has 0 spiro atoms. The third kappa shape index (κ3) is 4.60. The molecule has 0 fully saturated rings. The van der Waals surface area contributed by atoms with Crippen molar-refractivity contribution >= 4 is 5.91 Å². The SMILES string of the molecule is Cc1ccc(C(=O)NCCOc2ncc(-c3ccccc3)cn2)cn1. The van der Waals surface area contributed by atoms with Crippen molar-refractivity contribution in [1.29, 1.82) is 0 Å². The smallest absolute Gasteiger partial charge is 0.316 e. The quantitative estimate of drug-likeness (QED) is 0.701. The molecular weight excluding hydrogens is 316 g/mol. The molecular formula is C19H18N4O2. The number of carbonyl (C=O) groups excluding carboxylic acids is 1.